The summed E-state index contributed by atoms with van der Waals surface area (Å²) in [6, 6.07) is 0. The average Bonchev–Trinajstić information content (AvgIpc) is 1.85. The number of halogens is 1. The average molecular weight is 221 g/mol. The van der Waals surface area contributed by atoms with Crippen LogP contribution in [-0.4, -0.2) is 13.1 Å². The minimum absolute atomic E-state index is 0.0335. The van der Waals surface area contributed by atoms with E-state index in [0.717, 1.165) is 4.48 Å². The van der Waals surface area contributed by atoms with Crippen LogP contribution in [0, 0.1) is 5.41 Å². The van der Waals surface area contributed by atoms with E-state index in [1.807, 2.05) is 20.8 Å². The number of allylic oxidation sites excluding steroid dienone is 1. The molecule has 0 aliphatic rings. The molecular formula is C8H13BrO2. The number of carbonyl (C=O) groups excluding carboxylic acids is 1. The van der Waals surface area contributed by atoms with Crippen molar-refractivity contribution in [3.63, 3.8) is 0 Å². The molecular weight excluding hydrogens is 208 g/mol. The van der Waals surface area contributed by atoms with Gasteiger partial charge in [-0.25, -0.2) is 4.79 Å². The van der Waals surface area contributed by atoms with Crippen LogP contribution in [0.15, 0.2) is 10.6 Å². The quantitative estimate of drug-likeness (QED) is 0.502. The lowest BCUT2D eigenvalue weighted by Gasteiger charge is -2.16. The third kappa shape index (κ3) is 4.19. The molecule has 0 fully saturated rings. The molecule has 0 radical (unpaired) electrons. The third-order valence-corrected chi connectivity index (χ3v) is 2.58. The van der Waals surface area contributed by atoms with Gasteiger partial charge in [0.05, 0.1) is 7.11 Å². The van der Waals surface area contributed by atoms with Crippen LogP contribution in [-0.2, 0) is 9.53 Å². The Labute approximate surface area is 75.7 Å². The number of rotatable bonds is 1. The fraction of sp³-hybridized carbons (Fsp3) is 0.625. The van der Waals surface area contributed by atoms with Crippen LogP contribution in [0.4, 0.5) is 0 Å². The van der Waals surface area contributed by atoms with E-state index in [0.29, 0.717) is 0 Å². The zero-order valence-electron chi connectivity index (χ0n) is 7.27. The fourth-order valence-corrected chi connectivity index (χ4v) is 0.566. The van der Waals surface area contributed by atoms with Crippen molar-refractivity contribution in [3.8, 4) is 0 Å². The molecule has 0 aromatic heterocycles. The first kappa shape index (κ1) is 10.7. The molecule has 0 aromatic rings. The number of hydrogen-bond donors (Lipinski definition) is 0. The number of hydrogen-bond acceptors (Lipinski definition) is 2. The van der Waals surface area contributed by atoms with E-state index in [2.05, 4.69) is 20.7 Å². The van der Waals surface area contributed by atoms with Gasteiger partial charge in [0, 0.05) is 10.6 Å². The molecule has 0 N–H and O–H groups in total. The lowest BCUT2D eigenvalue weighted by Crippen LogP contribution is -2.07. The summed E-state index contributed by atoms with van der Waals surface area (Å²) >= 11 is 3.30. The maximum Gasteiger partial charge on any atom is 0.331 e. The monoisotopic (exact) mass is 220 g/mol. The lowest BCUT2D eigenvalue weighted by atomic mass is 9.96. The summed E-state index contributed by atoms with van der Waals surface area (Å²) in [6.45, 7) is 6.03. The molecule has 0 aliphatic heterocycles. The minimum Gasteiger partial charge on any atom is -0.466 e. The number of esters is 1. The maximum absolute atomic E-state index is 10.7. The first-order chi connectivity index (χ1) is 4.88. The molecule has 0 spiro atoms. The first-order valence-electron chi connectivity index (χ1n) is 3.33. The van der Waals surface area contributed by atoms with Gasteiger partial charge in [-0.3, -0.25) is 0 Å². The molecule has 0 unspecified atom stereocenters. The summed E-state index contributed by atoms with van der Waals surface area (Å²) in [5, 5.41) is 0. The van der Waals surface area contributed by atoms with E-state index in [-0.39, 0.29) is 11.4 Å². The van der Waals surface area contributed by atoms with Crippen LogP contribution < -0.4 is 0 Å². The van der Waals surface area contributed by atoms with E-state index in [4.69, 9.17) is 0 Å². The predicted octanol–water partition coefficient (Wildman–Crippen LogP) is 2.48. The Kier molecular flexibility index (Phi) is 3.79. The second kappa shape index (κ2) is 3.90. The molecule has 64 valence electrons. The molecule has 0 aliphatic carbocycles. The van der Waals surface area contributed by atoms with Gasteiger partial charge in [-0.2, -0.15) is 0 Å². The van der Waals surface area contributed by atoms with Crippen LogP contribution in [0.2, 0.25) is 0 Å². The number of ether oxygens (including phenoxy) is 1. The molecule has 0 saturated heterocycles. The highest BCUT2D eigenvalue weighted by Gasteiger charge is 2.15. The fourth-order valence-electron chi connectivity index (χ4n) is 0.379. The zero-order chi connectivity index (χ0) is 9.07. The van der Waals surface area contributed by atoms with Crippen molar-refractivity contribution in [3.05, 3.63) is 10.6 Å². The third-order valence-electron chi connectivity index (χ3n) is 1.16. The second-order valence-electron chi connectivity index (χ2n) is 3.27. The molecule has 0 aromatic carbocycles. The van der Waals surface area contributed by atoms with Gasteiger partial charge in [-0.05, 0) is 5.41 Å². The molecule has 2 nitrogen and oxygen atoms in total. The smallest absolute Gasteiger partial charge is 0.331 e. The van der Waals surface area contributed by atoms with Crippen LogP contribution in [0.1, 0.15) is 20.8 Å². The van der Waals surface area contributed by atoms with Crippen molar-refractivity contribution in [2.45, 2.75) is 20.8 Å². The Morgan fingerprint density at radius 3 is 2.18 bits per heavy atom. The van der Waals surface area contributed by atoms with E-state index < -0.39 is 0 Å². The second-order valence-corrected chi connectivity index (χ2v) is 4.12. The van der Waals surface area contributed by atoms with Gasteiger partial charge in [0.15, 0.2) is 0 Å². The van der Waals surface area contributed by atoms with Crippen LogP contribution >= 0.6 is 15.9 Å². The van der Waals surface area contributed by atoms with E-state index in [9.17, 15) is 4.79 Å². The Balaban J connectivity index is 4.35. The summed E-state index contributed by atoms with van der Waals surface area (Å²) in [4.78, 5) is 10.7. The van der Waals surface area contributed by atoms with Gasteiger partial charge in [0.1, 0.15) is 0 Å². The number of carbonyl (C=O) groups is 1. The summed E-state index contributed by atoms with van der Waals surface area (Å²) < 4.78 is 5.32. The maximum atomic E-state index is 10.7. The van der Waals surface area contributed by atoms with Gasteiger partial charge < -0.3 is 4.74 Å². The molecule has 0 rings (SSSR count). The van der Waals surface area contributed by atoms with Crippen LogP contribution in [0.5, 0.6) is 0 Å². The standard InChI is InChI=1S/C8H13BrO2/c1-8(2,3)6(9)5-7(10)11-4/h5H,1-4H3. The predicted molar refractivity (Wildman–Crippen MR) is 48.5 cm³/mol. The normalized spacial score (nSPS) is 13.0. The van der Waals surface area contributed by atoms with Gasteiger partial charge >= 0.3 is 5.97 Å². The lowest BCUT2D eigenvalue weighted by molar-refractivity contribution is -0.134. The molecule has 11 heavy (non-hydrogen) atoms. The summed E-state index contributed by atoms with van der Waals surface area (Å²) in [5.74, 6) is -0.327. The largest absolute Gasteiger partial charge is 0.466 e. The summed E-state index contributed by atoms with van der Waals surface area (Å²) in [7, 11) is 1.36. The summed E-state index contributed by atoms with van der Waals surface area (Å²) in [6.07, 6.45) is 1.44. The van der Waals surface area contributed by atoms with E-state index in [1.165, 1.54) is 13.2 Å². The van der Waals surface area contributed by atoms with E-state index >= 15 is 0 Å². The molecule has 0 atom stereocenters. The summed E-state index contributed by atoms with van der Waals surface area (Å²) in [5.41, 5.74) is -0.0335. The number of methoxy groups -OCH3 is 1. The SMILES string of the molecule is COC(=O)C=C(Br)C(C)(C)C. The van der Waals surface area contributed by atoms with Gasteiger partial charge in [-0.1, -0.05) is 36.7 Å². The Bertz CT molecular complexity index is 177. The van der Waals surface area contributed by atoms with Crippen molar-refractivity contribution < 1.29 is 9.53 Å². The minimum atomic E-state index is -0.327. The zero-order valence-corrected chi connectivity index (χ0v) is 8.86. The molecule has 0 amide bonds. The van der Waals surface area contributed by atoms with Gasteiger partial charge in [-0.15, -0.1) is 0 Å². The Morgan fingerprint density at radius 1 is 1.45 bits per heavy atom. The Hall–Kier alpha value is -0.310. The highest BCUT2D eigenvalue weighted by atomic mass is 79.9. The van der Waals surface area contributed by atoms with Crippen LogP contribution in [0.25, 0.3) is 0 Å². The van der Waals surface area contributed by atoms with Crippen molar-refractivity contribution in [2.24, 2.45) is 5.41 Å². The van der Waals surface area contributed by atoms with Crippen molar-refractivity contribution >= 4 is 21.9 Å². The Morgan fingerprint density at radius 2 is 1.91 bits per heavy atom. The van der Waals surface area contributed by atoms with Gasteiger partial charge in [0.25, 0.3) is 0 Å². The molecule has 0 saturated carbocycles. The van der Waals surface area contributed by atoms with Gasteiger partial charge in [0.2, 0.25) is 0 Å². The van der Waals surface area contributed by atoms with E-state index in [1.54, 1.807) is 0 Å². The van der Waals surface area contributed by atoms with Crippen molar-refractivity contribution in [1.29, 1.82) is 0 Å². The first-order valence-corrected chi connectivity index (χ1v) is 4.13. The molecule has 0 bridgehead atoms. The van der Waals surface area contributed by atoms with Crippen LogP contribution in [0.3, 0.4) is 0 Å². The van der Waals surface area contributed by atoms with Crippen molar-refractivity contribution in [1.82, 2.24) is 0 Å². The highest BCUT2D eigenvalue weighted by Crippen LogP contribution is 2.29. The van der Waals surface area contributed by atoms with Crippen molar-refractivity contribution in [2.75, 3.05) is 7.11 Å². The highest BCUT2D eigenvalue weighted by molar-refractivity contribution is 9.11. The molecule has 0 heterocycles. The topological polar surface area (TPSA) is 26.3 Å². The molecule has 3 heteroatoms.